The first-order valence-electron chi connectivity index (χ1n) is 6.32. The molecule has 0 unspecified atom stereocenters. The second-order valence-corrected chi connectivity index (χ2v) is 6.21. The van der Waals surface area contributed by atoms with Crippen LogP contribution in [0.4, 0.5) is 5.69 Å². The van der Waals surface area contributed by atoms with E-state index in [1.165, 1.54) is 4.31 Å². The molecule has 0 fully saturated rings. The fraction of sp³-hybridized carbons (Fsp3) is 0.538. The van der Waals surface area contributed by atoms with Gasteiger partial charge in [0.1, 0.15) is 4.90 Å². The lowest BCUT2D eigenvalue weighted by atomic mass is 10.3. The lowest BCUT2D eigenvalue weighted by Gasteiger charge is -2.19. The number of hydrogen-bond acceptors (Lipinski definition) is 4. The van der Waals surface area contributed by atoms with E-state index >= 15 is 0 Å². The molecule has 0 aliphatic rings. The molecule has 0 amide bonds. The summed E-state index contributed by atoms with van der Waals surface area (Å²) in [6.07, 6.45) is 0.676. The molecule has 0 saturated heterocycles. The topological polar surface area (TPSA) is 58.6 Å². The zero-order valence-electron chi connectivity index (χ0n) is 11.7. The molecule has 0 spiro atoms. The van der Waals surface area contributed by atoms with Gasteiger partial charge in [-0.05, 0) is 25.5 Å². The Kier molecular flexibility index (Phi) is 6.27. The molecule has 0 aliphatic heterocycles. The molecule has 108 valence electrons. The molecule has 19 heavy (non-hydrogen) atoms. The van der Waals surface area contributed by atoms with Crippen LogP contribution in [0.25, 0.3) is 0 Å². The molecule has 1 rings (SSSR count). The molecule has 0 heterocycles. The highest BCUT2D eigenvalue weighted by atomic mass is 32.2. The van der Waals surface area contributed by atoms with Crippen LogP contribution in [-0.2, 0) is 14.8 Å². The largest absolute Gasteiger partial charge is 0.385 e. The minimum Gasteiger partial charge on any atom is -0.385 e. The summed E-state index contributed by atoms with van der Waals surface area (Å²) >= 11 is 0. The number of anilines is 1. The normalized spacial score (nSPS) is 11.8. The molecule has 1 N–H and O–H groups in total. The third-order valence-corrected chi connectivity index (χ3v) is 4.68. The van der Waals surface area contributed by atoms with Crippen molar-refractivity contribution in [3.8, 4) is 0 Å². The molecule has 0 atom stereocenters. The Hall–Kier alpha value is -1.11. The third-order valence-electron chi connectivity index (χ3n) is 2.76. The van der Waals surface area contributed by atoms with E-state index in [4.69, 9.17) is 4.74 Å². The first-order valence-corrected chi connectivity index (χ1v) is 7.76. The highest BCUT2D eigenvalue weighted by Gasteiger charge is 2.23. The number of para-hydroxylation sites is 1. The summed E-state index contributed by atoms with van der Waals surface area (Å²) in [6.45, 7) is 3.61. The zero-order chi connectivity index (χ0) is 14.3. The summed E-state index contributed by atoms with van der Waals surface area (Å²) < 4.78 is 31.2. The average Bonchev–Trinajstić information content (AvgIpc) is 2.39. The molecule has 0 radical (unpaired) electrons. The fourth-order valence-electron chi connectivity index (χ4n) is 1.75. The first-order chi connectivity index (χ1) is 9.04. The van der Waals surface area contributed by atoms with Crippen molar-refractivity contribution in [1.82, 2.24) is 4.31 Å². The molecule has 0 aromatic heterocycles. The van der Waals surface area contributed by atoms with E-state index in [1.54, 1.807) is 32.4 Å². The number of sulfonamides is 1. The summed E-state index contributed by atoms with van der Waals surface area (Å²) in [5.41, 5.74) is 0.642. The smallest absolute Gasteiger partial charge is 0.244 e. The van der Waals surface area contributed by atoms with Gasteiger partial charge in [-0.3, -0.25) is 0 Å². The number of nitrogens with one attached hydrogen (secondary N) is 1. The van der Waals surface area contributed by atoms with Crippen molar-refractivity contribution >= 4 is 15.7 Å². The van der Waals surface area contributed by atoms with Gasteiger partial charge in [-0.25, -0.2) is 12.7 Å². The van der Waals surface area contributed by atoms with Crippen LogP contribution in [0.1, 0.15) is 13.3 Å². The third kappa shape index (κ3) is 4.19. The average molecular weight is 286 g/mol. The molecule has 0 aliphatic carbocycles. The Bertz CT molecular complexity index is 488. The predicted octanol–water partition coefficient (Wildman–Crippen LogP) is 1.78. The molecule has 0 saturated carbocycles. The molecule has 0 bridgehead atoms. The zero-order valence-corrected chi connectivity index (χ0v) is 12.5. The van der Waals surface area contributed by atoms with Crippen molar-refractivity contribution in [3.05, 3.63) is 24.3 Å². The summed E-state index contributed by atoms with van der Waals surface area (Å²) in [7, 11) is -0.260. The van der Waals surface area contributed by atoms with Gasteiger partial charge in [0, 0.05) is 33.9 Å². The van der Waals surface area contributed by atoms with E-state index in [0.717, 1.165) is 0 Å². The minimum atomic E-state index is -3.46. The lowest BCUT2D eigenvalue weighted by Crippen LogP contribution is -2.29. The van der Waals surface area contributed by atoms with E-state index < -0.39 is 10.0 Å². The van der Waals surface area contributed by atoms with Gasteiger partial charge >= 0.3 is 0 Å². The van der Waals surface area contributed by atoms with E-state index in [9.17, 15) is 8.42 Å². The van der Waals surface area contributed by atoms with Crippen molar-refractivity contribution < 1.29 is 13.2 Å². The van der Waals surface area contributed by atoms with Crippen LogP contribution >= 0.6 is 0 Å². The predicted molar refractivity (Wildman–Crippen MR) is 76.9 cm³/mol. The van der Waals surface area contributed by atoms with Crippen LogP contribution in [0.3, 0.4) is 0 Å². The molecule has 5 nitrogen and oxygen atoms in total. The van der Waals surface area contributed by atoms with Gasteiger partial charge in [0.05, 0.1) is 5.69 Å². The van der Waals surface area contributed by atoms with Crippen LogP contribution in [0.15, 0.2) is 29.2 Å². The number of rotatable bonds is 8. The van der Waals surface area contributed by atoms with Crippen molar-refractivity contribution in [1.29, 1.82) is 0 Å². The van der Waals surface area contributed by atoms with Gasteiger partial charge in [0.15, 0.2) is 0 Å². The Morgan fingerprint density at radius 3 is 2.63 bits per heavy atom. The van der Waals surface area contributed by atoms with E-state index in [0.29, 0.717) is 36.7 Å². The Morgan fingerprint density at radius 1 is 1.32 bits per heavy atom. The van der Waals surface area contributed by atoms with E-state index in [-0.39, 0.29) is 0 Å². The highest BCUT2D eigenvalue weighted by Crippen LogP contribution is 2.23. The number of hydrogen-bond donors (Lipinski definition) is 1. The van der Waals surface area contributed by atoms with Crippen LogP contribution in [0.2, 0.25) is 0 Å². The van der Waals surface area contributed by atoms with Crippen LogP contribution in [-0.4, -0.2) is 46.6 Å². The van der Waals surface area contributed by atoms with Crippen molar-refractivity contribution in [2.75, 3.05) is 39.2 Å². The van der Waals surface area contributed by atoms with Crippen molar-refractivity contribution in [3.63, 3.8) is 0 Å². The van der Waals surface area contributed by atoms with Crippen LogP contribution in [0, 0.1) is 0 Å². The molecular formula is C13H22N2O3S. The highest BCUT2D eigenvalue weighted by molar-refractivity contribution is 7.89. The van der Waals surface area contributed by atoms with Crippen LogP contribution in [0.5, 0.6) is 0 Å². The van der Waals surface area contributed by atoms with E-state index in [2.05, 4.69) is 5.32 Å². The molecular weight excluding hydrogens is 264 g/mol. The van der Waals surface area contributed by atoms with Gasteiger partial charge in [-0.2, -0.15) is 0 Å². The summed E-state index contributed by atoms with van der Waals surface area (Å²) in [6, 6.07) is 6.96. The number of methoxy groups -OCH3 is 1. The second kappa shape index (κ2) is 7.47. The number of benzene rings is 1. The molecule has 6 heteroatoms. The lowest BCUT2D eigenvalue weighted by molar-refractivity contribution is 0.189. The van der Waals surface area contributed by atoms with Gasteiger partial charge < -0.3 is 10.1 Å². The molecule has 1 aromatic rings. The maximum absolute atomic E-state index is 12.5. The van der Waals surface area contributed by atoms with Gasteiger partial charge in [0.2, 0.25) is 10.0 Å². The van der Waals surface area contributed by atoms with Crippen molar-refractivity contribution in [2.24, 2.45) is 0 Å². The summed E-state index contributed by atoms with van der Waals surface area (Å²) in [4.78, 5) is 0.316. The minimum absolute atomic E-state index is 0.316. The SMILES string of the molecule is CCNc1ccccc1S(=O)(=O)N(C)CCCOC. The maximum Gasteiger partial charge on any atom is 0.244 e. The van der Waals surface area contributed by atoms with Gasteiger partial charge in [0.25, 0.3) is 0 Å². The number of ether oxygens (including phenoxy) is 1. The Labute approximate surface area is 115 Å². The fourth-order valence-corrected chi connectivity index (χ4v) is 3.12. The number of nitrogens with zero attached hydrogens (tertiary/aromatic N) is 1. The monoisotopic (exact) mass is 286 g/mol. The van der Waals surface area contributed by atoms with Crippen molar-refractivity contribution in [2.45, 2.75) is 18.2 Å². The van der Waals surface area contributed by atoms with E-state index in [1.807, 2.05) is 13.0 Å². The maximum atomic E-state index is 12.5. The van der Waals surface area contributed by atoms with Crippen LogP contribution < -0.4 is 5.32 Å². The quantitative estimate of drug-likeness (QED) is 0.740. The summed E-state index contributed by atoms with van der Waals surface area (Å²) in [5, 5.41) is 3.07. The standard InChI is InChI=1S/C13H22N2O3S/c1-4-14-12-8-5-6-9-13(12)19(16,17)15(2)10-7-11-18-3/h5-6,8-9,14H,4,7,10-11H2,1-3H3. The van der Waals surface area contributed by atoms with Gasteiger partial charge in [-0.15, -0.1) is 0 Å². The summed E-state index contributed by atoms with van der Waals surface area (Å²) in [5.74, 6) is 0. The van der Waals surface area contributed by atoms with Gasteiger partial charge in [-0.1, -0.05) is 12.1 Å². The Morgan fingerprint density at radius 2 is 2.00 bits per heavy atom. The molecule has 1 aromatic carbocycles. The first kappa shape index (κ1) is 15.9. The second-order valence-electron chi connectivity index (χ2n) is 4.20. The Balaban J connectivity index is 2.93.